The van der Waals surface area contributed by atoms with E-state index in [9.17, 15) is 0 Å². The van der Waals surface area contributed by atoms with Gasteiger partial charge in [-0.3, -0.25) is 0 Å². The molecule has 2 aromatic carbocycles. The highest BCUT2D eigenvalue weighted by molar-refractivity contribution is 7.99. The molecule has 1 atom stereocenters. The highest BCUT2D eigenvalue weighted by atomic mass is 32.2. The van der Waals surface area contributed by atoms with E-state index in [0.717, 1.165) is 11.5 Å². The average Bonchev–Trinajstić information content (AvgIpc) is 2.45. The van der Waals surface area contributed by atoms with Crippen molar-refractivity contribution < 1.29 is 4.74 Å². The zero-order valence-electron chi connectivity index (χ0n) is 11.1. The Bertz CT molecular complexity index is 482. The Hall–Kier alpha value is -1.45. The van der Waals surface area contributed by atoms with Crippen LogP contribution in [-0.4, -0.2) is 12.4 Å². The fraction of sp³-hybridized carbons (Fsp3) is 0.250. The highest BCUT2D eigenvalue weighted by Gasteiger charge is 1.99. The molecular weight excluding hydrogens is 254 g/mol. The molecule has 0 spiro atoms. The summed E-state index contributed by atoms with van der Waals surface area (Å²) in [4.78, 5) is 1.25. The lowest BCUT2D eigenvalue weighted by molar-refractivity contribution is 0.344. The predicted octanol–water partition coefficient (Wildman–Crippen LogP) is 3.88. The van der Waals surface area contributed by atoms with Gasteiger partial charge in [0.15, 0.2) is 0 Å². The maximum absolute atomic E-state index is 5.82. The summed E-state index contributed by atoms with van der Waals surface area (Å²) in [7, 11) is 0. The Morgan fingerprint density at radius 2 is 1.74 bits per heavy atom. The first kappa shape index (κ1) is 14.0. The Kier molecular flexibility index (Phi) is 5.31. The topological polar surface area (TPSA) is 35.2 Å². The van der Waals surface area contributed by atoms with Gasteiger partial charge in [-0.2, -0.15) is 0 Å². The van der Waals surface area contributed by atoms with Crippen molar-refractivity contribution in [3.63, 3.8) is 0 Å². The van der Waals surface area contributed by atoms with E-state index >= 15 is 0 Å². The average molecular weight is 273 g/mol. The molecule has 1 unspecified atom stereocenters. The van der Waals surface area contributed by atoms with Crippen LogP contribution in [0.2, 0.25) is 0 Å². The van der Waals surface area contributed by atoms with Crippen molar-refractivity contribution in [1.82, 2.24) is 0 Å². The van der Waals surface area contributed by atoms with Gasteiger partial charge in [0, 0.05) is 16.7 Å². The van der Waals surface area contributed by atoms with Crippen LogP contribution in [0.4, 0.5) is 0 Å². The standard InChI is InChI=1S/C16H19NOS/c1-13(17)14-7-9-16(10-8-14)19-12-11-18-15-5-3-2-4-6-15/h2-10,13H,11-12,17H2,1H3. The summed E-state index contributed by atoms with van der Waals surface area (Å²) in [6, 6.07) is 18.4. The van der Waals surface area contributed by atoms with Gasteiger partial charge in [0.25, 0.3) is 0 Å². The summed E-state index contributed by atoms with van der Waals surface area (Å²) in [6.07, 6.45) is 0. The van der Waals surface area contributed by atoms with Gasteiger partial charge in [0.1, 0.15) is 5.75 Å². The third-order valence-corrected chi connectivity index (χ3v) is 3.75. The molecule has 2 rings (SSSR count). The monoisotopic (exact) mass is 273 g/mol. The van der Waals surface area contributed by atoms with Crippen LogP contribution in [0.25, 0.3) is 0 Å². The van der Waals surface area contributed by atoms with Gasteiger partial charge in [0.05, 0.1) is 6.61 Å². The third kappa shape index (κ3) is 4.62. The molecule has 0 fully saturated rings. The van der Waals surface area contributed by atoms with Gasteiger partial charge < -0.3 is 10.5 Å². The lowest BCUT2D eigenvalue weighted by Crippen LogP contribution is -2.04. The molecule has 0 aliphatic carbocycles. The molecule has 2 aromatic rings. The molecular formula is C16H19NOS. The summed E-state index contributed by atoms with van der Waals surface area (Å²) in [5.41, 5.74) is 6.99. The minimum Gasteiger partial charge on any atom is -0.493 e. The molecule has 0 heterocycles. The minimum atomic E-state index is 0.0977. The molecule has 2 N–H and O–H groups in total. The largest absolute Gasteiger partial charge is 0.493 e. The fourth-order valence-corrected chi connectivity index (χ4v) is 2.43. The first-order valence-corrected chi connectivity index (χ1v) is 7.40. The van der Waals surface area contributed by atoms with Crippen molar-refractivity contribution in [2.75, 3.05) is 12.4 Å². The summed E-state index contributed by atoms with van der Waals surface area (Å²) in [5.74, 6) is 1.86. The van der Waals surface area contributed by atoms with E-state index in [-0.39, 0.29) is 6.04 Å². The molecule has 100 valence electrons. The number of para-hydroxylation sites is 1. The quantitative estimate of drug-likeness (QED) is 0.641. The molecule has 0 amide bonds. The van der Waals surface area contributed by atoms with E-state index < -0.39 is 0 Å². The molecule has 19 heavy (non-hydrogen) atoms. The van der Waals surface area contributed by atoms with Gasteiger partial charge in [-0.15, -0.1) is 11.8 Å². The first-order chi connectivity index (χ1) is 9.25. The first-order valence-electron chi connectivity index (χ1n) is 6.42. The molecule has 3 heteroatoms. The molecule has 0 bridgehead atoms. The van der Waals surface area contributed by atoms with E-state index in [1.807, 2.05) is 37.3 Å². The van der Waals surface area contributed by atoms with Crippen LogP contribution in [-0.2, 0) is 0 Å². The Labute approximate surface area is 119 Å². The summed E-state index contributed by atoms with van der Waals surface area (Å²) in [5, 5.41) is 0. The maximum Gasteiger partial charge on any atom is 0.119 e. The van der Waals surface area contributed by atoms with E-state index in [2.05, 4.69) is 24.3 Å². The summed E-state index contributed by atoms with van der Waals surface area (Å²) in [6.45, 7) is 2.71. The minimum absolute atomic E-state index is 0.0977. The van der Waals surface area contributed by atoms with Crippen LogP contribution >= 0.6 is 11.8 Å². The molecule has 0 aliphatic rings. The lowest BCUT2D eigenvalue weighted by atomic mass is 10.1. The van der Waals surface area contributed by atoms with Crippen LogP contribution in [0.5, 0.6) is 5.75 Å². The molecule has 0 saturated heterocycles. The van der Waals surface area contributed by atoms with Gasteiger partial charge in [-0.05, 0) is 36.8 Å². The zero-order chi connectivity index (χ0) is 13.5. The number of nitrogens with two attached hydrogens (primary N) is 1. The van der Waals surface area contributed by atoms with E-state index in [1.54, 1.807) is 11.8 Å². The van der Waals surface area contributed by atoms with Crippen molar-refractivity contribution in [1.29, 1.82) is 0 Å². The number of hydrogen-bond acceptors (Lipinski definition) is 3. The Balaban J connectivity index is 1.74. The van der Waals surface area contributed by atoms with Crippen LogP contribution < -0.4 is 10.5 Å². The van der Waals surface area contributed by atoms with E-state index in [1.165, 1.54) is 10.5 Å². The van der Waals surface area contributed by atoms with Crippen molar-refractivity contribution in [3.05, 3.63) is 60.2 Å². The van der Waals surface area contributed by atoms with Gasteiger partial charge in [-0.25, -0.2) is 0 Å². The molecule has 0 radical (unpaired) electrons. The van der Waals surface area contributed by atoms with Gasteiger partial charge in [-0.1, -0.05) is 30.3 Å². The normalized spacial score (nSPS) is 12.1. The summed E-state index contributed by atoms with van der Waals surface area (Å²) >= 11 is 1.79. The highest BCUT2D eigenvalue weighted by Crippen LogP contribution is 2.20. The zero-order valence-corrected chi connectivity index (χ0v) is 11.9. The van der Waals surface area contributed by atoms with Gasteiger partial charge >= 0.3 is 0 Å². The number of benzene rings is 2. The van der Waals surface area contributed by atoms with Crippen molar-refractivity contribution >= 4 is 11.8 Å². The van der Waals surface area contributed by atoms with Gasteiger partial charge in [0.2, 0.25) is 0 Å². The number of thioether (sulfide) groups is 1. The Morgan fingerprint density at radius 3 is 2.37 bits per heavy atom. The van der Waals surface area contributed by atoms with Crippen molar-refractivity contribution in [3.8, 4) is 5.75 Å². The second-order valence-corrected chi connectivity index (χ2v) is 5.54. The van der Waals surface area contributed by atoms with Crippen LogP contribution in [0.1, 0.15) is 18.5 Å². The number of ether oxygens (including phenoxy) is 1. The Morgan fingerprint density at radius 1 is 1.05 bits per heavy atom. The molecule has 0 aliphatic heterocycles. The second kappa shape index (κ2) is 7.22. The molecule has 0 aromatic heterocycles. The number of hydrogen-bond donors (Lipinski definition) is 1. The smallest absolute Gasteiger partial charge is 0.119 e. The van der Waals surface area contributed by atoms with Crippen LogP contribution in [0, 0.1) is 0 Å². The maximum atomic E-state index is 5.82. The van der Waals surface area contributed by atoms with E-state index in [4.69, 9.17) is 10.5 Å². The lowest BCUT2D eigenvalue weighted by Gasteiger charge is -2.08. The predicted molar refractivity (Wildman–Crippen MR) is 81.7 cm³/mol. The van der Waals surface area contributed by atoms with E-state index in [0.29, 0.717) is 6.61 Å². The fourth-order valence-electron chi connectivity index (χ4n) is 1.70. The van der Waals surface area contributed by atoms with Crippen molar-refractivity contribution in [2.24, 2.45) is 5.73 Å². The summed E-state index contributed by atoms with van der Waals surface area (Å²) < 4.78 is 5.65. The van der Waals surface area contributed by atoms with Crippen molar-refractivity contribution in [2.45, 2.75) is 17.9 Å². The molecule has 0 saturated carbocycles. The SMILES string of the molecule is CC(N)c1ccc(SCCOc2ccccc2)cc1. The third-order valence-electron chi connectivity index (χ3n) is 2.77. The van der Waals surface area contributed by atoms with Crippen LogP contribution in [0.15, 0.2) is 59.5 Å². The second-order valence-electron chi connectivity index (χ2n) is 4.37. The molecule has 2 nitrogen and oxygen atoms in total. The van der Waals surface area contributed by atoms with Crippen LogP contribution in [0.3, 0.4) is 0 Å². The number of rotatable bonds is 6.